The van der Waals surface area contributed by atoms with Gasteiger partial charge in [0.05, 0.1) is 11.9 Å². The Morgan fingerprint density at radius 1 is 1.32 bits per heavy atom. The first-order valence-corrected chi connectivity index (χ1v) is 6.88. The number of aromatic nitrogens is 1. The highest BCUT2D eigenvalue weighted by Gasteiger charge is 2.46. The van der Waals surface area contributed by atoms with Gasteiger partial charge in [-0.15, -0.1) is 0 Å². The standard InChI is InChI=1S/C15H21FN2O4/c1-6-18(13(21)22-14(2,3)4)15(5,12(19)20)11-8-7-10(16)9-17-11/h7-9H,6H2,1-5H3,(H,19,20). The van der Waals surface area contributed by atoms with E-state index in [2.05, 4.69) is 4.98 Å². The summed E-state index contributed by atoms with van der Waals surface area (Å²) in [6, 6.07) is 2.35. The molecule has 0 aliphatic carbocycles. The van der Waals surface area contributed by atoms with E-state index in [1.54, 1.807) is 27.7 Å². The van der Waals surface area contributed by atoms with Gasteiger partial charge in [0.1, 0.15) is 11.4 Å². The second-order valence-electron chi connectivity index (χ2n) is 5.96. The van der Waals surface area contributed by atoms with Gasteiger partial charge in [-0.2, -0.15) is 0 Å². The Hall–Kier alpha value is -2.18. The maximum absolute atomic E-state index is 13.0. The van der Waals surface area contributed by atoms with Crippen LogP contribution in [0.1, 0.15) is 40.3 Å². The van der Waals surface area contributed by atoms with E-state index in [9.17, 15) is 19.1 Å². The minimum absolute atomic E-state index is 0.0501. The second kappa shape index (κ2) is 6.29. The molecule has 22 heavy (non-hydrogen) atoms. The van der Waals surface area contributed by atoms with Crippen molar-refractivity contribution >= 4 is 12.1 Å². The highest BCUT2D eigenvalue weighted by Crippen LogP contribution is 2.29. The molecule has 0 aromatic carbocycles. The van der Waals surface area contributed by atoms with Crippen LogP contribution in [0.5, 0.6) is 0 Å². The van der Waals surface area contributed by atoms with Gasteiger partial charge in [-0.1, -0.05) is 0 Å². The van der Waals surface area contributed by atoms with Gasteiger partial charge in [-0.25, -0.2) is 14.0 Å². The lowest BCUT2D eigenvalue weighted by atomic mass is 9.95. The van der Waals surface area contributed by atoms with Crippen LogP contribution in [0.3, 0.4) is 0 Å². The Bertz CT molecular complexity index is 554. The maximum Gasteiger partial charge on any atom is 0.411 e. The van der Waals surface area contributed by atoms with E-state index in [4.69, 9.17) is 4.74 Å². The molecule has 1 N–H and O–H groups in total. The van der Waals surface area contributed by atoms with Crippen molar-refractivity contribution in [3.8, 4) is 0 Å². The topological polar surface area (TPSA) is 79.7 Å². The van der Waals surface area contributed by atoms with Crippen molar-refractivity contribution in [2.45, 2.75) is 45.8 Å². The van der Waals surface area contributed by atoms with Crippen molar-refractivity contribution in [3.05, 3.63) is 29.8 Å². The van der Waals surface area contributed by atoms with Gasteiger partial charge in [0, 0.05) is 6.54 Å². The smallest absolute Gasteiger partial charge is 0.411 e. The predicted molar refractivity (Wildman–Crippen MR) is 77.8 cm³/mol. The summed E-state index contributed by atoms with van der Waals surface area (Å²) in [5, 5.41) is 9.62. The van der Waals surface area contributed by atoms with Crippen LogP contribution in [0.25, 0.3) is 0 Å². The first kappa shape index (κ1) is 17.9. The molecule has 0 saturated heterocycles. The Morgan fingerprint density at radius 3 is 2.27 bits per heavy atom. The van der Waals surface area contributed by atoms with E-state index in [1.165, 1.54) is 13.0 Å². The molecule has 1 atom stereocenters. The number of hydrogen-bond acceptors (Lipinski definition) is 4. The molecule has 0 aliphatic rings. The molecule has 7 heteroatoms. The maximum atomic E-state index is 13.0. The molecule has 0 saturated carbocycles. The number of nitrogens with zero attached hydrogens (tertiary/aromatic N) is 2. The van der Waals surface area contributed by atoms with Crippen molar-refractivity contribution in [2.75, 3.05) is 6.54 Å². The number of halogens is 1. The molecule has 1 aromatic rings. The minimum atomic E-state index is -1.76. The Labute approximate surface area is 128 Å². The molecule has 0 bridgehead atoms. The fourth-order valence-corrected chi connectivity index (χ4v) is 1.97. The number of amides is 1. The minimum Gasteiger partial charge on any atom is -0.479 e. The number of aliphatic carboxylic acids is 1. The lowest BCUT2D eigenvalue weighted by Gasteiger charge is -2.37. The van der Waals surface area contributed by atoms with Gasteiger partial charge < -0.3 is 9.84 Å². The molecule has 1 heterocycles. The third-order valence-electron chi connectivity index (χ3n) is 3.11. The van der Waals surface area contributed by atoms with Gasteiger partial charge in [0.15, 0.2) is 5.54 Å². The van der Waals surface area contributed by atoms with Crippen molar-refractivity contribution in [2.24, 2.45) is 0 Å². The number of hydrogen-bond donors (Lipinski definition) is 1. The fraction of sp³-hybridized carbons (Fsp3) is 0.533. The zero-order valence-corrected chi connectivity index (χ0v) is 13.4. The summed E-state index contributed by atoms with van der Waals surface area (Å²) in [6.07, 6.45) is 0.144. The molecule has 1 rings (SSSR count). The van der Waals surface area contributed by atoms with Crippen LogP contribution in [0.4, 0.5) is 9.18 Å². The number of carboxylic acid groups (broad SMARTS) is 1. The number of carbonyl (C=O) groups is 2. The van der Waals surface area contributed by atoms with Crippen LogP contribution in [-0.4, -0.2) is 39.2 Å². The van der Waals surface area contributed by atoms with E-state index in [0.29, 0.717) is 0 Å². The van der Waals surface area contributed by atoms with E-state index in [0.717, 1.165) is 17.2 Å². The number of carbonyl (C=O) groups excluding carboxylic acids is 1. The van der Waals surface area contributed by atoms with E-state index in [1.807, 2.05) is 0 Å². The van der Waals surface area contributed by atoms with Gasteiger partial charge in [0.25, 0.3) is 0 Å². The summed E-state index contributed by atoms with van der Waals surface area (Å²) >= 11 is 0. The van der Waals surface area contributed by atoms with Gasteiger partial charge in [-0.05, 0) is 46.8 Å². The van der Waals surface area contributed by atoms with Crippen LogP contribution in [0.15, 0.2) is 18.3 Å². The average Bonchev–Trinajstić information content (AvgIpc) is 2.37. The van der Waals surface area contributed by atoms with Crippen molar-refractivity contribution in [1.29, 1.82) is 0 Å². The Morgan fingerprint density at radius 2 is 1.91 bits per heavy atom. The molecule has 0 spiro atoms. The molecule has 0 fully saturated rings. The first-order chi connectivity index (χ1) is 10.0. The van der Waals surface area contributed by atoms with Crippen LogP contribution in [0, 0.1) is 5.82 Å². The normalized spacial score (nSPS) is 14.1. The van der Waals surface area contributed by atoms with Crippen molar-refractivity contribution in [3.63, 3.8) is 0 Å². The summed E-state index contributed by atoms with van der Waals surface area (Å²) < 4.78 is 18.3. The Balaban J connectivity index is 3.29. The van der Waals surface area contributed by atoms with Gasteiger partial charge >= 0.3 is 12.1 Å². The molecule has 1 aromatic heterocycles. The largest absolute Gasteiger partial charge is 0.479 e. The van der Waals surface area contributed by atoms with Gasteiger partial charge in [0.2, 0.25) is 0 Å². The zero-order valence-electron chi connectivity index (χ0n) is 13.4. The van der Waals surface area contributed by atoms with Crippen LogP contribution in [0.2, 0.25) is 0 Å². The van der Waals surface area contributed by atoms with Crippen molar-refractivity contribution in [1.82, 2.24) is 9.88 Å². The SMILES string of the molecule is CCN(C(=O)OC(C)(C)C)C(C)(C(=O)O)c1ccc(F)cn1. The number of ether oxygens (including phenoxy) is 1. The average molecular weight is 312 g/mol. The quantitative estimate of drug-likeness (QED) is 0.924. The third kappa shape index (κ3) is 3.72. The van der Waals surface area contributed by atoms with E-state index in [-0.39, 0.29) is 12.2 Å². The molecule has 6 nitrogen and oxygen atoms in total. The lowest BCUT2D eigenvalue weighted by molar-refractivity contribution is -0.151. The predicted octanol–water partition coefficient (Wildman–Crippen LogP) is 2.78. The first-order valence-electron chi connectivity index (χ1n) is 6.88. The highest BCUT2D eigenvalue weighted by molar-refractivity contribution is 5.85. The molecule has 122 valence electrons. The number of carboxylic acids is 1. The summed E-state index contributed by atoms with van der Waals surface area (Å²) in [5.74, 6) is -1.86. The summed E-state index contributed by atoms with van der Waals surface area (Å²) in [5.41, 5.74) is -2.47. The van der Waals surface area contributed by atoms with Crippen LogP contribution < -0.4 is 0 Å². The molecule has 0 aliphatic heterocycles. The van der Waals surface area contributed by atoms with E-state index >= 15 is 0 Å². The summed E-state index contributed by atoms with van der Waals surface area (Å²) in [6.45, 7) is 8.13. The van der Waals surface area contributed by atoms with E-state index < -0.39 is 29.0 Å². The number of pyridine rings is 1. The second-order valence-corrected chi connectivity index (χ2v) is 5.96. The Kier molecular flexibility index (Phi) is 5.11. The molecular weight excluding hydrogens is 291 g/mol. The third-order valence-corrected chi connectivity index (χ3v) is 3.11. The van der Waals surface area contributed by atoms with Crippen molar-refractivity contribution < 1.29 is 23.8 Å². The number of rotatable bonds is 4. The molecule has 1 unspecified atom stereocenters. The summed E-state index contributed by atoms with van der Waals surface area (Å²) in [4.78, 5) is 29.0. The summed E-state index contributed by atoms with van der Waals surface area (Å²) in [7, 11) is 0. The van der Waals surface area contributed by atoms with Gasteiger partial charge in [-0.3, -0.25) is 9.88 Å². The number of likely N-dealkylation sites (N-methyl/N-ethyl adjacent to an activating group) is 1. The monoisotopic (exact) mass is 312 g/mol. The highest BCUT2D eigenvalue weighted by atomic mass is 19.1. The molecule has 0 radical (unpaired) electrons. The van der Waals surface area contributed by atoms with Crippen LogP contribution >= 0.6 is 0 Å². The molecule has 1 amide bonds. The molecular formula is C15H21FN2O4. The fourth-order valence-electron chi connectivity index (χ4n) is 1.97. The zero-order chi connectivity index (χ0) is 17.1. The lowest BCUT2D eigenvalue weighted by Crippen LogP contribution is -2.54. The van der Waals surface area contributed by atoms with Crippen LogP contribution in [-0.2, 0) is 15.1 Å².